The summed E-state index contributed by atoms with van der Waals surface area (Å²) >= 11 is 0. The molecule has 1 aromatic heterocycles. The van der Waals surface area contributed by atoms with Crippen LogP contribution in [0.1, 0.15) is 32.6 Å². The van der Waals surface area contributed by atoms with Gasteiger partial charge in [-0.1, -0.05) is 13.3 Å². The van der Waals surface area contributed by atoms with E-state index >= 15 is 0 Å². The molecule has 0 aromatic carbocycles. The summed E-state index contributed by atoms with van der Waals surface area (Å²) in [4.78, 5) is 17.9. The lowest BCUT2D eigenvalue weighted by Crippen LogP contribution is -2.34. The van der Waals surface area contributed by atoms with Gasteiger partial charge in [-0.15, -0.1) is 0 Å². The molecule has 0 saturated carbocycles. The smallest absolute Gasteiger partial charge is 0.324 e. The molecule has 1 unspecified atom stereocenters. The summed E-state index contributed by atoms with van der Waals surface area (Å²) in [7, 11) is 0. The van der Waals surface area contributed by atoms with E-state index in [0.29, 0.717) is 0 Å². The van der Waals surface area contributed by atoms with Gasteiger partial charge in [0.1, 0.15) is 6.33 Å². The number of likely N-dealkylation sites (tertiary alicyclic amines) is 1. The van der Waals surface area contributed by atoms with Gasteiger partial charge in [-0.25, -0.2) is 9.78 Å². The van der Waals surface area contributed by atoms with E-state index in [-0.39, 0.29) is 6.03 Å². The Morgan fingerprint density at radius 2 is 2.31 bits per heavy atom. The summed E-state index contributed by atoms with van der Waals surface area (Å²) in [5.74, 6) is 0.792. The van der Waals surface area contributed by atoms with Gasteiger partial charge in [0.25, 0.3) is 0 Å². The van der Waals surface area contributed by atoms with Gasteiger partial charge in [0.05, 0.1) is 0 Å². The summed E-state index contributed by atoms with van der Waals surface area (Å²) in [6.07, 6.45) is 9.67. The van der Waals surface area contributed by atoms with Crippen molar-refractivity contribution in [2.24, 2.45) is 5.92 Å². The highest BCUT2D eigenvalue weighted by atomic mass is 16.2. The Balaban J connectivity index is 1.97. The molecule has 0 N–H and O–H groups in total. The summed E-state index contributed by atoms with van der Waals surface area (Å²) in [6, 6.07) is 0.0641. The first kappa shape index (κ1) is 11.2. The number of imidazole rings is 1. The number of carbonyl (C=O) groups excluding carboxylic acids is 1. The Labute approximate surface area is 96.3 Å². The second-order valence-electron chi connectivity index (χ2n) is 4.44. The number of amides is 1. The van der Waals surface area contributed by atoms with Crippen LogP contribution in [0.25, 0.3) is 0 Å². The normalized spacial score (nSPS) is 21.8. The SMILES string of the molecule is CCC1CCCN(C(=O)n2ccnc2)CC1. The lowest BCUT2D eigenvalue weighted by molar-refractivity contribution is 0.200. The first-order valence-corrected chi connectivity index (χ1v) is 6.08. The van der Waals surface area contributed by atoms with E-state index in [2.05, 4.69) is 11.9 Å². The van der Waals surface area contributed by atoms with Gasteiger partial charge < -0.3 is 4.90 Å². The minimum Gasteiger partial charge on any atom is -0.324 e. The molecule has 4 heteroatoms. The second kappa shape index (κ2) is 5.14. The standard InChI is InChI=1S/C12H19N3O/c1-2-11-4-3-7-14(8-5-11)12(16)15-9-6-13-10-15/h6,9-11H,2-5,7-8H2,1H3. The molecule has 1 aliphatic rings. The van der Waals surface area contributed by atoms with Crippen LogP contribution in [0.2, 0.25) is 0 Å². The van der Waals surface area contributed by atoms with Gasteiger partial charge in [-0.2, -0.15) is 0 Å². The quantitative estimate of drug-likeness (QED) is 0.730. The van der Waals surface area contributed by atoms with Crippen LogP contribution in [-0.4, -0.2) is 33.6 Å². The molecule has 1 aliphatic heterocycles. The number of hydrogen-bond donors (Lipinski definition) is 0. The number of rotatable bonds is 1. The lowest BCUT2D eigenvalue weighted by atomic mass is 9.98. The molecule has 88 valence electrons. The van der Waals surface area contributed by atoms with Gasteiger partial charge >= 0.3 is 6.03 Å². The fraction of sp³-hybridized carbons (Fsp3) is 0.667. The number of aromatic nitrogens is 2. The maximum Gasteiger partial charge on any atom is 0.329 e. The molecule has 1 amide bonds. The van der Waals surface area contributed by atoms with Crippen LogP contribution in [0.3, 0.4) is 0 Å². The number of hydrogen-bond acceptors (Lipinski definition) is 2. The molecule has 0 radical (unpaired) electrons. The Morgan fingerprint density at radius 1 is 1.44 bits per heavy atom. The van der Waals surface area contributed by atoms with Gasteiger partial charge in [0.15, 0.2) is 0 Å². The Kier molecular flexibility index (Phi) is 3.59. The molecule has 1 fully saturated rings. The van der Waals surface area contributed by atoms with E-state index in [1.165, 1.54) is 12.8 Å². The molecule has 1 saturated heterocycles. The minimum atomic E-state index is 0.0641. The average molecular weight is 221 g/mol. The van der Waals surface area contributed by atoms with Crippen LogP contribution in [0, 0.1) is 5.92 Å². The average Bonchev–Trinajstić information content (AvgIpc) is 2.73. The van der Waals surface area contributed by atoms with Crippen molar-refractivity contribution >= 4 is 6.03 Å². The Morgan fingerprint density at radius 3 is 3.00 bits per heavy atom. The van der Waals surface area contributed by atoms with Crippen LogP contribution in [0.4, 0.5) is 4.79 Å². The molecule has 2 heterocycles. The zero-order valence-corrected chi connectivity index (χ0v) is 9.80. The third kappa shape index (κ3) is 2.43. The topological polar surface area (TPSA) is 38.1 Å². The Hall–Kier alpha value is -1.32. The van der Waals surface area contributed by atoms with E-state index < -0.39 is 0 Å². The zero-order chi connectivity index (χ0) is 11.4. The van der Waals surface area contributed by atoms with Crippen molar-refractivity contribution in [3.63, 3.8) is 0 Å². The van der Waals surface area contributed by atoms with Crippen LogP contribution in [0.15, 0.2) is 18.7 Å². The van der Waals surface area contributed by atoms with E-state index in [4.69, 9.17) is 0 Å². The minimum absolute atomic E-state index is 0.0641. The number of carbonyl (C=O) groups is 1. The van der Waals surface area contributed by atoms with Gasteiger partial charge in [0, 0.05) is 25.5 Å². The fourth-order valence-corrected chi connectivity index (χ4v) is 2.30. The van der Waals surface area contributed by atoms with Crippen molar-refractivity contribution < 1.29 is 4.79 Å². The molecule has 0 aliphatic carbocycles. The maximum absolute atomic E-state index is 12.1. The molecule has 1 atom stereocenters. The van der Waals surface area contributed by atoms with E-state index in [1.807, 2.05) is 4.90 Å². The summed E-state index contributed by atoms with van der Waals surface area (Å²) in [5.41, 5.74) is 0. The van der Waals surface area contributed by atoms with Crippen LogP contribution in [-0.2, 0) is 0 Å². The van der Waals surface area contributed by atoms with Crippen molar-refractivity contribution in [1.29, 1.82) is 0 Å². The van der Waals surface area contributed by atoms with E-state index in [0.717, 1.165) is 31.8 Å². The molecule has 4 nitrogen and oxygen atoms in total. The Bertz CT molecular complexity index is 334. The van der Waals surface area contributed by atoms with Crippen LogP contribution < -0.4 is 0 Å². The van der Waals surface area contributed by atoms with Crippen LogP contribution in [0.5, 0.6) is 0 Å². The molecule has 16 heavy (non-hydrogen) atoms. The van der Waals surface area contributed by atoms with Gasteiger partial charge in [-0.3, -0.25) is 4.57 Å². The van der Waals surface area contributed by atoms with Crippen molar-refractivity contribution in [3.8, 4) is 0 Å². The third-order valence-electron chi connectivity index (χ3n) is 3.42. The van der Waals surface area contributed by atoms with Crippen LogP contribution >= 0.6 is 0 Å². The third-order valence-corrected chi connectivity index (χ3v) is 3.42. The van der Waals surface area contributed by atoms with Crippen molar-refractivity contribution in [3.05, 3.63) is 18.7 Å². The fourth-order valence-electron chi connectivity index (χ4n) is 2.30. The predicted octanol–water partition coefficient (Wildman–Crippen LogP) is 2.36. The molecule has 1 aromatic rings. The monoisotopic (exact) mass is 221 g/mol. The van der Waals surface area contributed by atoms with E-state index in [1.54, 1.807) is 23.3 Å². The summed E-state index contributed by atoms with van der Waals surface area (Å²) in [6.45, 7) is 4.00. The highest BCUT2D eigenvalue weighted by Gasteiger charge is 2.20. The lowest BCUT2D eigenvalue weighted by Gasteiger charge is -2.20. The second-order valence-corrected chi connectivity index (χ2v) is 4.44. The van der Waals surface area contributed by atoms with Crippen molar-refractivity contribution in [2.75, 3.05) is 13.1 Å². The predicted molar refractivity (Wildman–Crippen MR) is 62.2 cm³/mol. The van der Waals surface area contributed by atoms with Crippen molar-refractivity contribution in [1.82, 2.24) is 14.5 Å². The highest BCUT2D eigenvalue weighted by Crippen LogP contribution is 2.20. The summed E-state index contributed by atoms with van der Waals surface area (Å²) in [5, 5.41) is 0. The maximum atomic E-state index is 12.1. The molecular formula is C12H19N3O. The van der Waals surface area contributed by atoms with Gasteiger partial charge in [0.2, 0.25) is 0 Å². The molecule has 2 rings (SSSR count). The highest BCUT2D eigenvalue weighted by molar-refractivity contribution is 5.76. The van der Waals surface area contributed by atoms with E-state index in [9.17, 15) is 4.79 Å². The molecule has 0 spiro atoms. The van der Waals surface area contributed by atoms with Crippen molar-refractivity contribution in [2.45, 2.75) is 32.6 Å². The summed E-state index contributed by atoms with van der Waals surface area (Å²) < 4.78 is 1.56. The molecule has 0 bridgehead atoms. The zero-order valence-electron chi connectivity index (χ0n) is 9.80. The number of nitrogens with zero attached hydrogens (tertiary/aromatic N) is 3. The first-order valence-electron chi connectivity index (χ1n) is 6.08. The first-order chi connectivity index (χ1) is 7.81. The largest absolute Gasteiger partial charge is 0.329 e. The molecular weight excluding hydrogens is 202 g/mol. The van der Waals surface area contributed by atoms with Gasteiger partial charge in [-0.05, 0) is 25.2 Å².